The zero-order chi connectivity index (χ0) is 24.0. The maximum absolute atomic E-state index is 15.0. The van der Waals surface area contributed by atoms with E-state index in [-0.39, 0.29) is 11.5 Å². The van der Waals surface area contributed by atoms with E-state index in [1.54, 1.807) is 0 Å². The fraction of sp³-hybridized carbons (Fsp3) is 0.615. The topological polar surface area (TPSA) is 12.0 Å². The molecule has 0 amide bonds. The van der Waals surface area contributed by atoms with Crippen LogP contribution in [0.5, 0.6) is 0 Å². The highest BCUT2D eigenvalue weighted by molar-refractivity contribution is 5.76. The molecule has 33 heavy (non-hydrogen) atoms. The summed E-state index contributed by atoms with van der Waals surface area (Å²) in [6, 6.07) is 2.92. The highest BCUT2D eigenvalue weighted by Crippen LogP contribution is 2.51. The van der Waals surface area contributed by atoms with Crippen LogP contribution in [-0.4, -0.2) is 24.9 Å². The Balaban J connectivity index is 1.49. The van der Waals surface area contributed by atoms with Crippen LogP contribution in [0.1, 0.15) is 75.3 Å². The summed E-state index contributed by atoms with van der Waals surface area (Å²) >= 11 is 0. The second-order valence-corrected chi connectivity index (χ2v) is 9.92. The SMILES string of the molecule is CNC1CCC(C2CCC(c3ccc(C4=CC=C(C)C(F)(F)C4(F)F)c(F)c3F)CC2)CC1. The number of benzene rings is 1. The highest BCUT2D eigenvalue weighted by atomic mass is 19.3. The van der Waals surface area contributed by atoms with E-state index in [1.807, 2.05) is 7.05 Å². The van der Waals surface area contributed by atoms with Gasteiger partial charge in [0.1, 0.15) is 0 Å². The number of nitrogens with one attached hydrogen (secondary N) is 1. The molecule has 1 nitrogen and oxygen atoms in total. The average molecular weight is 472 g/mol. The van der Waals surface area contributed by atoms with E-state index >= 15 is 0 Å². The lowest BCUT2D eigenvalue weighted by Crippen LogP contribution is -2.44. The van der Waals surface area contributed by atoms with Crippen molar-refractivity contribution in [3.63, 3.8) is 0 Å². The minimum Gasteiger partial charge on any atom is -0.317 e. The molecule has 182 valence electrons. The summed E-state index contributed by atoms with van der Waals surface area (Å²) in [6.07, 6.45) is 9.58. The van der Waals surface area contributed by atoms with E-state index in [1.165, 1.54) is 18.9 Å². The smallest absolute Gasteiger partial charge is 0.317 e. The largest absolute Gasteiger partial charge is 0.340 e. The average Bonchev–Trinajstić information content (AvgIpc) is 2.81. The molecule has 1 aromatic rings. The minimum atomic E-state index is -4.62. The minimum absolute atomic E-state index is 0.159. The molecular formula is C26H31F6N. The molecule has 2 fully saturated rings. The van der Waals surface area contributed by atoms with Crippen LogP contribution in [0.25, 0.3) is 5.57 Å². The van der Waals surface area contributed by atoms with Crippen LogP contribution >= 0.6 is 0 Å². The lowest BCUT2D eigenvalue weighted by atomic mass is 9.69. The van der Waals surface area contributed by atoms with Crippen LogP contribution in [0.2, 0.25) is 0 Å². The standard InChI is InChI=1S/C26H31F6N/c1-15-3-14-22(26(31,32)25(15,29)30)21-13-12-20(23(27)24(21)28)18-6-4-16(5-7-18)17-8-10-19(33-2)11-9-17/h3,12-14,16-19,33H,4-11H2,1-2H3. The first kappa shape index (κ1) is 24.4. The van der Waals surface area contributed by atoms with Crippen molar-refractivity contribution >= 4 is 5.57 Å². The van der Waals surface area contributed by atoms with Crippen molar-refractivity contribution in [1.82, 2.24) is 5.32 Å². The Morgan fingerprint density at radius 1 is 0.758 bits per heavy atom. The molecule has 0 heterocycles. The number of rotatable bonds is 4. The van der Waals surface area contributed by atoms with Gasteiger partial charge in [-0.3, -0.25) is 0 Å². The number of hydrogen-bond donors (Lipinski definition) is 1. The molecule has 0 atom stereocenters. The molecule has 4 rings (SSSR count). The quantitative estimate of drug-likeness (QED) is 0.445. The summed E-state index contributed by atoms with van der Waals surface area (Å²) in [5.74, 6) is -10.7. The van der Waals surface area contributed by atoms with Gasteiger partial charge in [0.25, 0.3) is 0 Å². The van der Waals surface area contributed by atoms with Gasteiger partial charge in [0.2, 0.25) is 0 Å². The third kappa shape index (κ3) is 4.26. The van der Waals surface area contributed by atoms with E-state index in [9.17, 15) is 26.3 Å². The van der Waals surface area contributed by atoms with E-state index in [0.29, 0.717) is 30.7 Å². The number of allylic oxidation sites excluding steroid dienone is 4. The fourth-order valence-electron chi connectivity index (χ4n) is 5.96. The molecule has 0 aromatic heterocycles. The van der Waals surface area contributed by atoms with Gasteiger partial charge in [0.05, 0.1) is 0 Å². The number of alkyl halides is 4. The predicted octanol–water partition coefficient (Wildman–Crippen LogP) is 7.63. The van der Waals surface area contributed by atoms with Crippen molar-refractivity contribution in [2.45, 2.75) is 82.1 Å². The molecule has 2 saturated carbocycles. The first-order valence-corrected chi connectivity index (χ1v) is 11.9. The van der Waals surface area contributed by atoms with E-state index < -0.39 is 40.2 Å². The van der Waals surface area contributed by atoms with Crippen molar-refractivity contribution in [2.24, 2.45) is 11.8 Å². The Morgan fingerprint density at radius 2 is 1.33 bits per heavy atom. The maximum atomic E-state index is 15.0. The van der Waals surface area contributed by atoms with Gasteiger partial charge in [0.15, 0.2) is 11.6 Å². The molecule has 3 aliphatic carbocycles. The summed E-state index contributed by atoms with van der Waals surface area (Å²) in [5.41, 5.74) is -2.65. The zero-order valence-electron chi connectivity index (χ0n) is 19.0. The highest BCUT2D eigenvalue weighted by Gasteiger charge is 2.61. The summed E-state index contributed by atoms with van der Waals surface area (Å²) in [5, 5.41) is 3.33. The van der Waals surface area contributed by atoms with E-state index in [2.05, 4.69) is 5.32 Å². The molecule has 0 unspecified atom stereocenters. The third-order valence-electron chi connectivity index (χ3n) is 8.19. The van der Waals surface area contributed by atoms with Crippen LogP contribution in [0.4, 0.5) is 26.3 Å². The lowest BCUT2D eigenvalue weighted by molar-refractivity contribution is -0.148. The molecule has 1 aromatic carbocycles. The first-order chi connectivity index (χ1) is 15.6. The van der Waals surface area contributed by atoms with Crippen LogP contribution in [0.3, 0.4) is 0 Å². The monoisotopic (exact) mass is 471 g/mol. The summed E-state index contributed by atoms with van der Waals surface area (Å²) < 4.78 is 87.0. The van der Waals surface area contributed by atoms with Crippen molar-refractivity contribution < 1.29 is 26.3 Å². The van der Waals surface area contributed by atoms with Gasteiger partial charge >= 0.3 is 11.8 Å². The van der Waals surface area contributed by atoms with Gasteiger partial charge in [-0.15, -0.1) is 0 Å². The molecule has 0 aliphatic heterocycles. The molecule has 0 radical (unpaired) electrons. The molecule has 0 spiro atoms. The number of hydrogen-bond acceptors (Lipinski definition) is 1. The van der Waals surface area contributed by atoms with Crippen molar-refractivity contribution in [3.8, 4) is 0 Å². The van der Waals surface area contributed by atoms with Gasteiger partial charge in [-0.2, -0.15) is 17.6 Å². The van der Waals surface area contributed by atoms with Crippen molar-refractivity contribution in [1.29, 1.82) is 0 Å². The fourth-order valence-corrected chi connectivity index (χ4v) is 5.96. The van der Waals surface area contributed by atoms with E-state index in [0.717, 1.165) is 50.8 Å². The maximum Gasteiger partial charge on any atom is 0.340 e. The van der Waals surface area contributed by atoms with Crippen LogP contribution < -0.4 is 5.32 Å². The van der Waals surface area contributed by atoms with Crippen LogP contribution in [-0.2, 0) is 0 Å². The second kappa shape index (κ2) is 9.12. The van der Waals surface area contributed by atoms with E-state index in [4.69, 9.17) is 0 Å². The Morgan fingerprint density at radius 3 is 1.91 bits per heavy atom. The van der Waals surface area contributed by atoms with Gasteiger partial charge in [-0.25, -0.2) is 8.78 Å². The first-order valence-electron chi connectivity index (χ1n) is 11.9. The Labute approximate surface area is 191 Å². The summed E-state index contributed by atoms with van der Waals surface area (Å²) in [7, 11) is 1.99. The third-order valence-corrected chi connectivity index (χ3v) is 8.19. The predicted molar refractivity (Wildman–Crippen MR) is 117 cm³/mol. The lowest BCUT2D eigenvalue weighted by Gasteiger charge is -2.38. The van der Waals surface area contributed by atoms with Gasteiger partial charge in [0, 0.05) is 22.8 Å². The molecule has 3 aliphatic rings. The van der Waals surface area contributed by atoms with Gasteiger partial charge < -0.3 is 5.32 Å². The van der Waals surface area contributed by atoms with Gasteiger partial charge in [-0.05, 0) is 88.7 Å². The van der Waals surface area contributed by atoms with Crippen molar-refractivity contribution in [3.05, 3.63) is 52.6 Å². The van der Waals surface area contributed by atoms with Gasteiger partial charge in [-0.1, -0.05) is 24.3 Å². The Kier molecular flexibility index (Phi) is 6.74. The Bertz CT molecular complexity index is 934. The second-order valence-electron chi connectivity index (χ2n) is 9.92. The molecule has 0 saturated heterocycles. The molecule has 7 heteroatoms. The zero-order valence-corrected chi connectivity index (χ0v) is 19.0. The van der Waals surface area contributed by atoms with Crippen molar-refractivity contribution in [2.75, 3.05) is 7.05 Å². The molecule has 0 bridgehead atoms. The summed E-state index contributed by atoms with van der Waals surface area (Å²) in [6.45, 7) is 0.893. The van der Waals surface area contributed by atoms with Crippen LogP contribution in [0.15, 0.2) is 29.9 Å². The summed E-state index contributed by atoms with van der Waals surface area (Å²) in [4.78, 5) is 0. The molecule has 1 N–H and O–H groups in total. The molecular weight excluding hydrogens is 440 g/mol. The Hall–Kier alpha value is -1.76. The normalized spacial score (nSPS) is 31.6. The number of halogens is 6. The van der Waals surface area contributed by atoms with Crippen LogP contribution in [0, 0.1) is 23.5 Å².